The number of hydrogen-bond acceptors (Lipinski definition) is 5. The van der Waals surface area contributed by atoms with Gasteiger partial charge in [0, 0.05) is 23.3 Å². The van der Waals surface area contributed by atoms with Gasteiger partial charge in [-0.05, 0) is 36.4 Å². The molecular formula is C18H16N4O4S. The van der Waals surface area contributed by atoms with E-state index in [2.05, 4.69) is 9.71 Å². The zero-order chi connectivity index (χ0) is 19.4. The van der Waals surface area contributed by atoms with Crippen LogP contribution < -0.4 is 16.8 Å². The van der Waals surface area contributed by atoms with Crippen LogP contribution in [0.4, 0.5) is 5.69 Å². The van der Waals surface area contributed by atoms with E-state index < -0.39 is 16.0 Å². The van der Waals surface area contributed by atoms with E-state index in [4.69, 9.17) is 15.9 Å². The van der Waals surface area contributed by atoms with E-state index in [1.165, 1.54) is 36.5 Å². The Morgan fingerprint density at radius 2 is 1.78 bits per heavy atom. The van der Waals surface area contributed by atoms with E-state index in [0.717, 1.165) is 5.39 Å². The number of carbonyl (C=O) groups is 1. The van der Waals surface area contributed by atoms with Gasteiger partial charge in [0.25, 0.3) is 10.0 Å². The first-order valence-corrected chi connectivity index (χ1v) is 9.21. The number of nitrogens with one attached hydrogen (secondary N) is 1. The molecule has 0 atom stereocenters. The minimum Gasteiger partial charge on any atom is -0.453 e. The second-order valence-corrected chi connectivity index (χ2v) is 7.11. The Bertz CT molecular complexity index is 1110. The number of sulfonamides is 1. The molecule has 9 heteroatoms. The maximum absolute atomic E-state index is 12.2. The minimum atomic E-state index is -3.93. The maximum atomic E-state index is 12.2. The van der Waals surface area contributed by atoms with Crippen LogP contribution in [-0.4, -0.2) is 20.2 Å². The van der Waals surface area contributed by atoms with E-state index in [9.17, 15) is 13.2 Å². The van der Waals surface area contributed by atoms with Crippen LogP contribution in [-0.2, 0) is 10.0 Å². The van der Waals surface area contributed by atoms with Crippen LogP contribution in [0.1, 0.15) is 10.6 Å². The van der Waals surface area contributed by atoms with Gasteiger partial charge in [-0.1, -0.05) is 18.2 Å². The first kappa shape index (κ1) is 18.2. The molecule has 3 rings (SSSR count). The van der Waals surface area contributed by atoms with Crippen molar-refractivity contribution < 1.29 is 17.6 Å². The predicted octanol–water partition coefficient (Wildman–Crippen LogP) is 2.20. The highest BCUT2D eigenvalue weighted by molar-refractivity contribution is 7.90. The summed E-state index contributed by atoms with van der Waals surface area (Å²) in [5.41, 5.74) is 11.4. The van der Waals surface area contributed by atoms with Crippen molar-refractivity contribution in [2.75, 3.05) is 5.32 Å². The number of hydrogen-bond donors (Lipinski definition) is 3. The number of ketones is 1. The van der Waals surface area contributed by atoms with Gasteiger partial charge < -0.3 is 21.2 Å². The van der Waals surface area contributed by atoms with Crippen molar-refractivity contribution in [1.82, 2.24) is 0 Å². The van der Waals surface area contributed by atoms with E-state index in [1.807, 2.05) is 18.2 Å². The van der Waals surface area contributed by atoms with Gasteiger partial charge in [0.2, 0.25) is 11.7 Å². The highest BCUT2D eigenvalue weighted by Gasteiger charge is 2.12. The number of nitrogens with zero attached hydrogens (tertiary/aromatic N) is 1. The van der Waals surface area contributed by atoms with Crippen LogP contribution in [0.15, 0.2) is 80.6 Å². The van der Waals surface area contributed by atoms with Crippen molar-refractivity contribution in [3.8, 4) is 0 Å². The largest absolute Gasteiger partial charge is 0.453 e. The smallest absolute Gasteiger partial charge is 0.285 e. The highest BCUT2D eigenvalue weighted by atomic mass is 32.2. The lowest BCUT2D eigenvalue weighted by Crippen LogP contribution is -2.24. The Kier molecular flexibility index (Phi) is 4.95. The average Bonchev–Trinajstić information content (AvgIpc) is 3.05. The van der Waals surface area contributed by atoms with Crippen LogP contribution in [0, 0.1) is 0 Å². The Morgan fingerprint density at radius 1 is 1.07 bits per heavy atom. The average molecular weight is 384 g/mol. The van der Waals surface area contributed by atoms with E-state index in [-0.39, 0.29) is 16.4 Å². The fraction of sp³-hybridized carbons (Fsp3) is 0. The number of fused-ring (bicyclic) bond motifs is 1. The lowest BCUT2D eigenvalue weighted by Gasteiger charge is -2.03. The van der Waals surface area contributed by atoms with Crippen molar-refractivity contribution in [2.45, 2.75) is 4.90 Å². The molecular weight excluding hydrogens is 368 g/mol. The van der Waals surface area contributed by atoms with E-state index in [1.54, 1.807) is 12.1 Å². The molecule has 0 radical (unpaired) electrons. The van der Waals surface area contributed by atoms with Crippen molar-refractivity contribution in [2.24, 2.45) is 15.9 Å². The van der Waals surface area contributed by atoms with Gasteiger partial charge in [-0.2, -0.15) is 8.42 Å². The molecule has 8 nitrogen and oxygen atoms in total. The molecule has 3 aromatic rings. The molecule has 0 amide bonds. The number of allylic oxidation sites excluding steroid dienone is 1. The van der Waals surface area contributed by atoms with Crippen LogP contribution in [0.25, 0.3) is 11.0 Å². The van der Waals surface area contributed by atoms with Gasteiger partial charge in [-0.3, -0.25) is 4.79 Å². The second kappa shape index (κ2) is 7.34. The van der Waals surface area contributed by atoms with Crippen LogP contribution in [0.2, 0.25) is 0 Å². The van der Waals surface area contributed by atoms with Gasteiger partial charge in [-0.25, -0.2) is 0 Å². The minimum absolute atomic E-state index is 0.0521. The molecule has 0 aliphatic heterocycles. The van der Waals surface area contributed by atoms with Crippen molar-refractivity contribution in [3.05, 3.63) is 72.6 Å². The molecule has 0 spiro atoms. The lowest BCUT2D eigenvalue weighted by molar-refractivity contribution is 0.102. The summed E-state index contributed by atoms with van der Waals surface area (Å²) in [6.07, 6.45) is 2.76. The fourth-order valence-electron chi connectivity index (χ4n) is 2.31. The number of furan rings is 1. The quantitative estimate of drug-likeness (QED) is 0.256. The molecule has 138 valence electrons. The highest BCUT2D eigenvalue weighted by Crippen LogP contribution is 2.19. The van der Waals surface area contributed by atoms with Crippen molar-refractivity contribution >= 4 is 38.4 Å². The summed E-state index contributed by atoms with van der Waals surface area (Å²) in [6, 6.07) is 14.7. The summed E-state index contributed by atoms with van der Waals surface area (Å²) < 4.78 is 32.4. The molecule has 1 heterocycles. The predicted molar refractivity (Wildman–Crippen MR) is 103 cm³/mol. The lowest BCUT2D eigenvalue weighted by atomic mass is 10.2. The summed E-state index contributed by atoms with van der Waals surface area (Å²) >= 11 is 0. The summed E-state index contributed by atoms with van der Waals surface area (Å²) in [5, 5.41) is 3.72. The van der Waals surface area contributed by atoms with Gasteiger partial charge in [0.1, 0.15) is 5.58 Å². The molecule has 0 unspecified atom stereocenters. The Balaban J connectivity index is 1.67. The summed E-state index contributed by atoms with van der Waals surface area (Å²) in [5.74, 6) is -0.609. The first-order chi connectivity index (χ1) is 12.8. The number of nitrogens with two attached hydrogens (primary N) is 2. The zero-order valence-corrected chi connectivity index (χ0v) is 14.8. The molecule has 0 bridgehead atoms. The van der Waals surface area contributed by atoms with Crippen LogP contribution in [0.5, 0.6) is 0 Å². The number of carbonyl (C=O) groups excluding carboxylic acids is 1. The molecule has 0 aliphatic carbocycles. The second-order valence-electron chi connectivity index (χ2n) is 5.51. The number of guanidine groups is 1. The first-order valence-electron chi connectivity index (χ1n) is 7.77. The van der Waals surface area contributed by atoms with Crippen LogP contribution >= 0.6 is 0 Å². The third-order valence-electron chi connectivity index (χ3n) is 3.53. The number of para-hydroxylation sites is 1. The van der Waals surface area contributed by atoms with Gasteiger partial charge in [0.05, 0.1) is 4.90 Å². The molecule has 27 heavy (non-hydrogen) atoms. The van der Waals surface area contributed by atoms with E-state index >= 15 is 0 Å². The van der Waals surface area contributed by atoms with Gasteiger partial charge >= 0.3 is 0 Å². The molecule has 5 N–H and O–H groups in total. The summed E-state index contributed by atoms with van der Waals surface area (Å²) in [6.45, 7) is 0. The Labute approximate surface area is 155 Å². The standard InChI is InChI=1S/C18H16N4O4S/c19-18(20)22-27(24,25)14-7-5-13(6-8-14)21-10-9-15(23)17-11-12-3-1-2-4-16(12)26-17/h1-11,21H,(H4,19,20,22)/b10-9+. The molecule has 2 aromatic carbocycles. The monoisotopic (exact) mass is 384 g/mol. The molecule has 0 aliphatic rings. The zero-order valence-electron chi connectivity index (χ0n) is 14.0. The van der Waals surface area contributed by atoms with Crippen LogP contribution in [0.3, 0.4) is 0 Å². The molecule has 0 saturated carbocycles. The maximum Gasteiger partial charge on any atom is 0.285 e. The third-order valence-corrected chi connectivity index (χ3v) is 4.85. The normalized spacial score (nSPS) is 11.6. The molecule has 0 fully saturated rings. The van der Waals surface area contributed by atoms with Gasteiger partial charge in [-0.15, -0.1) is 4.40 Å². The SMILES string of the molecule is NC(N)=NS(=O)(=O)c1ccc(N/C=C/C(=O)c2cc3ccccc3o2)cc1. The summed E-state index contributed by atoms with van der Waals surface area (Å²) in [7, 11) is -3.93. The summed E-state index contributed by atoms with van der Waals surface area (Å²) in [4.78, 5) is 12.1. The molecule has 0 saturated heterocycles. The Morgan fingerprint density at radius 3 is 2.44 bits per heavy atom. The van der Waals surface area contributed by atoms with Crippen molar-refractivity contribution in [1.29, 1.82) is 0 Å². The third kappa shape index (κ3) is 4.33. The molecule has 1 aromatic heterocycles. The van der Waals surface area contributed by atoms with Crippen molar-refractivity contribution in [3.63, 3.8) is 0 Å². The van der Waals surface area contributed by atoms with Gasteiger partial charge in [0.15, 0.2) is 5.76 Å². The fourth-order valence-corrected chi connectivity index (χ4v) is 3.18. The van der Waals surface area contributed by atoms with E-state index in [0.29, 0.717) is 11.3 Å². The topological polar surface area (TPSA) is 141 Å². The Hall–Kier alpha value is -3.59. The number of benzene rings is 2. The number of anilines is 1. The number of rotatable bonds is 6.